The summed E-state index contributed by atoms with van der Waals surface area (Å²) >= 11 is 0. The molecule has 1 saturated heterocycles. The maximum Gasteiger partial charge on any atom is 0.313 e. The molecule has 2 N–H and O–H groups in total. The van der Waals surface area contributed by atoms with E-state index in [1.807, 2.05) is 32.9 Å². The summed E-state index contributed by atoms with van der Waals surface area (Å²) in [5.41, 5.74) is 4.26. The van der Waals surface area contributed by atoms with Crippen LogP contribution in [0.25, 0.3) is 0 Å². The Hall–Kier alpha value is -3.40. The molecular weight excluding hydrogens is 378 g/mol. The molecule has 2 aromatic rings. The lowest BCUT2D eigenvalue weighted by Gasteiger charge is -2.33. The number of rotatable bonds is 4. The quantitative estimate of drug-likeness (QED) is 0.762. The van der Waals surface area contributed by atoms with E-state index in [2.05, 4.69) is 26.6 Å². The normalized spacial score (nSPS) is 14.1. The molecule has 1 aromatic heterocycles. The Morgan fingerprint density at radius 2 is 1.83 bits per heavy atom. The third kappa shape index (κ3) is 4.95. The molecule has 0 bridgehead atoms. The Bertz CT molecular complexity index is 964. The van der Waals surface area contributed by atoms with E-state index in [0.29, 0.717) is 23.6 Å². The van der Waals surface area contributed by atoms with Crippen LogP contribution in [-0.4, -0.2) is 36.4 Å². The molecule has 3 rings (SSSR count). The number of nitrogens with zero attached hydrogens (tertiary/aromatic N) is 3. The molecule has 0 atom stereocenters. The number of pyridine rings is 1. The second-order valence-electron chi connectivity index (χ2n) is 7.85. The van der Waals surface area contributed by atoms with Gasteiger partial charge in [-0.05, 0) is 62.8 Å². The van der Waals surface area contributed by atoms with Gasteiger partial charge in [-0.2, -0.15) is 5.26 Å². The first-order valence-corrected chi connectivity index (χ1v) is 10.2. The standard InChI is InChI=1S/C23H27N5O2/c1-15-11-16(2)20(17(3)12-15)27-23(30)22(29)26-14-18-6-9-28(10-7-18)21-19(13-24)5-4-8-25-21/h4-5,8,11-12,18H,6-7,9-10,14H2,1-3H3,(H,26,29)(H,27,30). The van der Waals surface area contributed by atoms with Crippen molar-refractivity contribution in [2.24, 2.45) is 5.92 Å². The summed E-state index contributed by atoms with van der Waals surface area (Å²) in [7, 11) is 0. The predicted molar refractivity (Wildman–Crippen MR) is 116 cm³/mol. The number of carbonyl (C=O) groups excluding carboxylic acids is 2. The Kier molecular flexibility index (Phi) is 6.68. The van der Waals surface area contributed by atoms with Crippen LogP contribution in [0.1, 0.15) is 35.1 Å². The monoisotopic (exact) mass is 405 g/mol. The van der Waals surface area contributed by atoms with E-state index in [1.54, 1.807) is 18.3 Å². The Labute approximate surface area is 177 Å². The van der Waals surface area contributed by atoms with Gasteiger partial charge in [-0.25, -0.2) is 4.98 Å². The Morgan fingerprint density at radius 3 is 2.47 bits per heavy atom. The zero-order valence-electron chi connectivity index (χ0n) is 17.7. The number of carbonyl (C=O) groups is 2. The predicted octanol–water partition coefficient (Wildman–Crippen LogP) is 2.85. The minimum absolute atomic E-state index is 0.287. The highest BCUT2D eigenvalue weighted by Crippen LogP contribution is 2.24. The minimum Gasteiger partial charge on any atom is -0.356 e. The number of anilines is 2. The van der Waals surface area contributed by atoms with Crippen molar-refractivity contribution < 1.29 is 9.59 Å². The van der Waals surface area contributed by atoms with Gasteiger partial charge in [0, 0.05) is 31.5 Å². The van der Waals surface area contributed by atoms with Gasteiger partial charge in [0.05, 0.1) is 5.56 Å². The molecule has 30 heavy (non-hydrogen) atoms. The van der Waals surface area contributed by atoms with Crippen LogP contribution in [0, 0.1) is 38.0 Å². The molecule has 1 aliphatic heterocycles. The molecule has 7 nitrogen and oxygen atoms in total. The van der Waals surface area contributed by atoms with E-state index in [1.165, 1.54) is 0 Å². The SMILES string of the molecule is Cc1cc(C)c(NC(=O)C(=O)NCC2CCN(c3ncccc3C#N)CC2)c(C)c1. The highest BCUT2D eigenvalue weighted by molar-refractivity contribution is 6.39. The number of piperidine rings is 1. The summed E-state index contributed by atoms with van der Waals surface area (Å²) in [5.74, 6) is -0.260. The fraction of sp³-hybridized carbons (Fsp3) is 0.391. The van der Waals surface area contributed by atoms with Crippen molar-refractivity contribution >= 4 is 23.3 Å². The van der Waals surface area contributed by atoms with E-state index < -0.39 is 11.8 Å². The van der Waals surface area contributed by atoms with Gasteiger partial charge in [0.25, 0.3) is 0 Å². The van der Waals surface area contributed by atoms with E-state index in [0.717, 1.165) is 42.6 Å². The van der Waals surface area contributed by atoms with Crippen LogP contribution >= 0.6 is 0 Å². The molecule has 7 heteroatoms. The molecule has 0 spiro atoms. The molecule has 1 fully saturated rings. The van der Waals surface area contributed by atoms with Crippen LogP contribution in [0.15, 0.2) is 30.5 Å². The van der Waals surface area contributed by atoms with E-state index >= 15 is 0 Å². The van der Waals surface area contributed by atoms with Crippen LogP contribution in [0.4, 0.5) is 11.5 Å². The molecule has 2 heterocycles. The zero-order chi connectivity index (χ0) is 21.7. The summed E-state index contributed by atoms with van der Waals surface area (Å²) in [5, 5.41) is 14.7. The van der Waals surface area contributed by atoms with Gasteiger partial charge in [-0.1, -0.05) is 17.7 Å². The number of hydrogen-bond donors (Lipinski definition) is 2. The lowest BCUT2D eigenvalue weighted by molar-refractivity contribution is -0.136. The zero-order valence-corrected chi connectivity index (χ0v) is 17.7. The van der Waals surface area contributed by atoms with Gasteiger partial charge < -0.3 is 15.5 Å². The largest absolute Gasteiger partial charge is 0.356 e. The second kappa shape index (κ2) is 9.40. The summed E-state index contributed by atoms with van der Waals surface area (Å²) in [6.45, 7) is 7.82. The average molecular weight is 406 g/mol. The van der Waals surface area contributed by atoms with Gasteiger partial charge in [0.1, 0.15) is 11.9 Å². The smallest absolute Gasteiger partial charge is 0.313 e. The highest BCUT2D eigenvalue weighted by atomic mass is 16.2. The van der Waals surface area contributed by atoms with Crippen molar-refractivity contribution in [2.45, 2.75) is 33.6 Å². The summed E-state index contributed by atoms with van der Waals surface area (Å²) in [6, 6.07) is 9.67. The number of aromatic nitrogens is 1. The molecule has 0 unspecified atom stereocenters. The van der Waals surface area contributed by atoms with Crippen molar-refractivity contribution in [3.63, 3.8) is 0 Å². The summed E-state index contributed by atoms with van der Waals surface area (Å²) in [6.07, 6.45) is 3.41. The van der Waals surface area contributed by atoms with Gasteiger partial charge >= 0.3 is 11.8 Å². The molecule has 0 radical (unpaired) electrons. The van der Waals surface area contributed by atoms with E-state index in [-0.39, 0.29) is 5.92 Å². The Morgan fingerprint density at radius 1 is 1.17 bits per heavy atom. The van der Waals surface area contributed by atoms with Crippen LogP contribution in [0.3, 0.4) is 0 Å². The van der Waals surface area contributed by atoms with Crippen molar-refractivity contribution in [2.75, 3.05) is 29.9 Å². The molecule has 0 aliphatic carbocycles. The molecule has 156 valence electrons. The Balaban J connectivity index is 1.49. The van der Waals surface area contributed by atoms with Crippen LogP contribution < -0.4 is 15.5 Å². The topological polar surface area (TPSA) is 98.1 Å². The molecule has 0 saturated carbocycles. The average Bonchev–Trinajstić information content (AvgIpc) is 2.74. The number of amides is 2. The number of hydrogen-bond acceptors (Lipinski definition) is 5. The van der Waals surface area contributed by atoms with E-state index in [4.69, 9.17) is 0 Å². The van der Waals surface area contributed by atoms with E-state index in [9.17, 15) is 14.9 Å². The number of aryl methyl sites for hydroxylation is 3. The van der Waals surface area contributed by atoms with Crippen molar-refractivity contribution in [1.29, 1.82) is 5.26 Å². The van der Waals surface area contributed by atoms with Crippen LogP contribution in [0.2, 0.25) is 0 Å². The minimum atomic E-state index is -0.644. The van der Waals surface area contributed by atoms with Crippen molar-refractivity contribution in [3.05, 3.63) is 52.7 Å². The third-order valence-corrected chi connectivity index (χ3v) is 5.49. The maximum absolute atomic E-state index is 12.3. The van der Waals surface area contributed by atoms with Gasteiger partial charge in [-0.15, -0.1) is 0 Å². The third-order valence-electron chi connectivity index (χ3n) is 5.49. The van der Waals surface area contributed by atoms with Gasteiger partial charge in [0.15, 0.2) is 0 Å². The number of nitriles is 1. The van der Waals surface area contributed by atoms with Crippen molar-refractivity contribution in [3.8, 4) is 6.07 Å². The van der Waals surface area contributed by atoms with Crippen LogP contribution in [-0.2, 0) is 9.59 Å². The van der Waals surface area contributed by atoms with Crippen molar-refractivity contribution in [1.82, 2.24) is 10.3 Å². The number of benzene rings is 1. The molecular formula is C23H27N5O2. The lowest BCUT2D eigenvalue weighted by Crippen LogP contribution is -2.42. The maximum atomic E-state index is 12.3. The first-order valence-electron chi connectivity index (χ1n) is 10.2. The fourth-order valence-electron chi connectivity index (χ4n) is 3.95. The van der Waals surface area contributed by atoms with Crippen LogP contribution in [0.5, 0.6) is 0 Å². The molecule has 1 aliphatic rings. The second-order valence-corrected chi connectivity index (χ2v) is 7.85. The highest BCUT2D eigenvalue weighted by Gasteiger charge is 2.23. The fourth-order valence-corrected chi connectivity index (χ4v) is 3.95. The first-order chi connectivity index (χ1) is 14.4. The molecule has 1 aromatic carbocycles. The van der Waals surface area contributed by atoms with Gasteiger partial charge in [0.2, 0.25) is 0 Å². The first kappa shape index (κ1) is 21.3. The number of nitrogens with one attached hydrogen (secondary N) is 2. The lowest BCUT2D eigenvalue weighted by atomic mass is 9.96. The summed E-state index contributed by atoms with van der Waals surface area (Å²) in [4.78, 5) is 31.0. The summed E-state index contributed by atoms with van der Waals surface area (Å²) < 4.78 is 0. The van der Waals surface area contributed by atoms with Gasteiger partial charge in [-0.3, -0.25) is 9.59 Å². The molecule has 2 amide bonds.